The molecule has 3 aromatic heterocycles. The summed E-state index contributed by atoms with van der Waals surface area (Å²) in [7, 11) is 0. The molecule has 1 aliphatic rings. The predicted octanol–water partition coefficient (Wildman–Crippen LogP) is 3.37. The molecule has 1 fully saturated rings. The number of nitrogens with zero attached hydrogens (tertiary/aromatic N) is 4. The van der Waals surface area contributed by atoms with Crippen molar-refractivity contribution in [1.29, 1.82) is 0 Å². The smallest absolute Gasteiger partial charge is 0.433 e. The van der Waals surface area contributed by atoms with Crippen LogP contribution in [0.5, 0.6) is 5.75 Å². The van der Waals surface area contributed by atoms with E-state index >= 15 is 0 Å². The van der Waals surface area contributed by atoms with Crippen LogP contribution >= 0.6 is 11.3 Å². The Bertz CT molecular complexity index is 843. The van der Waals surface area contributed by atoms with E-state index in [0.29, 0.717) is 13.1 Å². The molecular weight excluding hydrogens is 341 g/mol. The number of pyridine rings is 2. The van der Waals surface area contributed by atoms with Gasteiger partial charge in [0.2, 0.25) is 0 Å². The minimum Gasteiger partial charge on any atom is -0.487 e. The fraction of sp³-hybridized carbons (Fsp3) is 0.267. The van der Waals surface area contributed by atoms with E-state index < -0.39 is 11.9 Å². The van der Waals surface area contributed by atoms with Crippen molar-refractivity contribution in [1.82, 2.24) is 15.0 Å². The lowest BCUT2D eigenvalue weighted by atomic mass is 10.2. The average Bonchev–Trinajstić information content (AvgIpc) is 2.93. The van der Waals surface area contributed by atoms with E-state index in [1.54, 1.807) is 23.7 Å². The second-order valence-corrected chi connectivity index (χ2v) is 6.37. The number of halogens is 3. The molecular formula is C15H11F3N4OS. The molecule has 0 N–H and O–H groups in total. The van der Waals surface area contributed by atoms with Crippen LogP contribution in [0.15, 0.2) is 36.8 Å². The molecule has 1 saturated heterocycles. The van der Waals surface area contributed by atoms with E-state index in [9.17, 15) is 13.2 Å². The van der Waals surface area contributed by atoms with Gasteiger partial charge in [-0.25, -0.2) is 4.98 Å². The minimum atomic E-state index is -4.47. The van der Waals surface area contributed by atoms with Crippen molar-refractivity contribution in [3.63, 3.8) is 0 Å². The molecule has 124 valence electrons. The van der Waals surface area contributed by atoms with Crippen LogP contribution < -0.4 is 9.64 Å². The summed E-state index contributed by atoms with van der Waals surface area (Å²) in [6.45, 7) is 1.16. The predicted molar refractivity (Wildman–Crippen MR) is 83.3 cm³/mol. The highest BCUT2D eigenvalue weighted by molar-refractivity contribution is 7.22. The Hall–Kier alpha value is -2.42. The topological polar surface area (TPSA) is 51.1 Å². The lowest BCUT2D eigenvalue weighted by Crippen LogP contribution is -2.54. The monoisotopic (exact) mass is 352 g/mol. The lowest BCUT2D eigenvalue weighted by Gasteiger charge is -2.38. The van der Waals surface area contributed by atoms with Crippen LogP contribution in [0.25, 0.3) is 10.2 Å². The van der Waals surface area contributed by atoms with Crippen LogP contribution in [0, 0.1) is 0 Å². The molecule has 0 saturated carbocycles. The van der Waals surface area contributed by atoms with Gasteiger partial charge in [0.05, 0.1) is 24.0 Å². The number of aromatic nitrogens is 3. The molecule has 0 radical (unpaired) electrons. The summed E-state index contributed by atoms with van der Waals surface area (Å²) in [6.07, 6.45) is -0.110. The summed E-state index contributed by atoms with van der Waals surface area (Å²) in [5, 5.41) is 0.864. The maximum Gasteiger partial charge on any atom is 0.433 e. The first kappa shape index (κ1) is 15.1. The third kappa shape index (κ3) is 2.86. The fourth-order valence-electron chi connectivity index (χ4n) is 2.40. The molecule has 4 heterocycles. The second kappa shape index (κ2) is 5.59. The molecule has 0 atom stereocenters. The zero-order valence-electron chi connectivity index (χ0n) is 12.2. The zero-order chi connectivity index (χ0) is 16.7. The van der Waals surface area contributed by atoms with Gasteiger partial charge in [0.1, 0.15) is 23.1 Å². The Labute approximate surface area is 138 Å². The average molecular weight is 352 g/mol. The van der Waals surface area contributed by atoms with Gasteiger partial charge in [-0.15, -0.1) is 0 Å². The Balaban J connectivity index is 1.41. The van der Waals surface area contributed by atoms with Crippen molar-refractivity contribution in [2.45, 2.75) is 12.3 Å². The van der Waals surface area contributed by atoms with Gasteiger partial charge in [0.25, 0.3) is 0 Å². The normalized spacial score (nSPS) is 15.5. The summed E-state index contributed by atoms with van der Waals surface area (Å²) < 4.78 is 44.6. The maximum atomic E-state index is 12.6. The number of ether oxygens (including phenoxy) is 1. The van der Waals surface area contributed by atoms with Gasteiger partial charge < -0.3 is 9.64 Å². The number of hydrogen-bond donors (Lipinski definition) is 0. The first-order valence-electron chi connectivity index (χ1n) is 7.14. The highest BCUT2D eigenvalue weighted by Crippen LogP contribution is 2.33. The molecule has 3 aromatic rings. The summed E-state index contributed by atoms with van der Waals surface area (Å²) in [5.74, 6) is 0.176. The number of alkyl halides is 3. The lowest BCUT2D eigenvalue weighted by molar-refractivity contribution is -0.141. The van der Waals surface area contributed by atoms with Gasteiger partial charge in [0.15, 0.2) is 5.13 Å². The molecule has 0 amide bonds. The first-order chi connectivity index (χ1) is 11.5. The van der Waals surface area contributed by atoms with Crippen molar-refractivity contribution < 1.29 is 17.9 Å². The van der Waals surface area contributed by atoms with Crippen molar-refractivity contribution in [3.05, 3.63) is 42.5 Å². The second-order valence-electron chi connectivity index (χ2n) is 5.36. The largest absolute Gasteiger partial charge is 0.487 e. The van der Waals surface area contributed by atoms with E-state index in [-0.39, 0.29) is 11.9 Å². The summed E-state index contributed by atoms with van der Waals surface area (Å²) in [6, 6.07) is 4.26. The number of anilines is 1. The standard InChI is InChI=1S/C15H11F3N4OS/c16-15(17,18)13-5-9(1-4-20-13)23-10-7-22(8-10)14-21-11-6-19-3-2-12(11)24-14/h1-6,10H,7-8H2. The molecule has 1 aliphatic heterocycles. The third-order valence-corrected chi connectivity index (χ3v) is 4.72. The summed E-state index contributed by atoms with van der Waals surface area (Å²) in [4.78, 5) is 13.9. The van der Waals surface area contributed by atoms with Crippen LogP contribution in [0.1, 0.15) is 5.69 Å². The van der Waals surface area contributed by atoms with E-state index in [0.717, 1.165) is 27.6 Å². The van der Waals surface area contributed by atoms with Crippen LogP contribution in [-0.2, 0) is 6.18 Å². The minimum absolute atomic E-state index is 0.168. The Morgan fingerprint density at radius 1 is 1.21 bits per heavy atom. The molecule has 24 heavy (non-hydrogen) atoms. The molecule has 0 spiro atoms. The summed E-state index contributed by atoms with van der Waals surface area (Å²) in [5.41, 5.74) is -0.110. The number of thiazole rings is 1. The van der Waals surface area contributed by atoms with E-state index in [4.69, 9.17) is 4.74 Å². The molecule has 9 heteroatoms. The van der Waals surface area contributed by atoms with Gasteiger partial charge in [0, 0.05) is 18.5 Å². The Morgan fingerprint density at radius 2 is 2.04 bits per heavy atom. The quantitative estimate of drug-likeness (QED) is 0.723. The van der Waals surface area contributed by atoms with Crippen LogP contribution in [0.4, 0.5) is 18.3 Å². The van der Waals surface area contributed by atoms with Gasteiger partial charge in [-0.1, -0.05) is 11.3 Å². The number of rotatable bonds is 3. The van der Waals surface area contributed by atoms with Crippen LogP contribution in [0.3, 0.4) is 0 Å². The van der Waals surface area contributed by atoms with Crippen molar-refractivity contribution in [2.75, 3.05) is 18.0 Å². The van der Waals surface area contributed by atoms with Crippen molar-refractivity contribution >= 4 is 26.7 Å². The number of fused-ring (bicyclic) bond motifs is 1. The molecule has 5 nitrogen and oxygen atoms in total. The van der Waals surface area contributed by atoms with Crippen molar-refractivity contribution in [2.24, 2.45) is 0 Å². The molecule has 0 aromatic carbocycles. The molecule has 4 rings (SSSR count). The highest BCUT2D eigenvalue weighted by Gasteiger charge is 2.34. The summed E-state index contributed by atoms with van der Waals surface area (Å²) >= 11 is 1.56. The van der Waals surface area contributed by atoms with Gasteiger partial charge in [-0.05, 0) is 12.1 Å². The maximum absolute atomic E-state index is 12.6. The Morgan fingerprint density at radius 3 is 2.79 bits per heavy atom. The van der Waals surface area contributed by atoms with E-state index in [1.165, 1.54) is 6.07 Å². The zero-order valence-corrected chi connectivity index (χ0v) is 13.0. The Kier molecular flexibility index (Phi) is 3.52. The van der Waals surface area contributed by atoms with Gasteiger partial charge in [-0.2, -0.15) is 13.2 Å². The van der Waals surface area contributed by atoms with Gasteiger partial charge >= 0.3 is 6.18 Å². The van der Waals surface area contributed by atoms with E-state index in [1.807, 2.05) is 11.0 Å². The fourth-order valence-corrected chi connectivity index (χ4v) is 3.35. The van der Waals surface area contributed by atoms with E-state index in [2.05, 4.69) is 15.0 Å². The molecule has 0 bridgehead atoms. The molecule has 0 aliphatic carbocycles. The third-order valence-electron chi connectivity index (χ3n) is 3.62. The van der Waals surface area contributed by atoms with Crippen LogP contribution in [-0.4, -0.2) is 34.1 Å². The molecule has 0 unspecified atom stereocenters. The van der Waals surface area contributed by atoms with Crippen molar-refractivity contribution in [3.8, 4) is 5.75 Å². The number of hydrogen-bond acceptors (Lipinski definition) is 6. The first-order valence-corrected chi connectivity index (χ1v) is 7.96. The SMILES string of the molecule is FC(F)(F)c1cc(OC2CN(c3nc4cnccc4s3)C2)ccn1. The van der Waals surface area contributed by atoms with Crippen LogP contribution in [0.2, 0.25) is 0 Å². The van der Waals surface area contributed by atoms with Gasteiger partial charge in [-0.3, -0.25) is 9.97 Å². The highest BCUT2D eigenvalue weighted by atomic mass is 32.1.